The number of aliphatic hydroxyl groups excluding tert-OH is 1. The molecular weight excluding hydrogens is 252 g/mol. The molecule has 0 saturated heterocycles. The maximum absolute atomic E-state index is 9.36. The van der Waals surface area contributed by atoms with E-state index in [0.717, 1.165) is 42.9 Å². The van der Waals surface area contributed by atoms with Crippen molar-refractivity contribution in [3.05, 3.63) is 47.5 Å². The van der Waals surface area contributed by atoms with Crippen LogP contribution in [0, 0.1) is 5.92 Å². The molecule has 1 aliphatic rings. The van der Waals surface area contributed by atoms with Gasteiger partial charge in [0.1, 0.15) is 11.6 Å². The van der Waals surface area contributed by atoms with Crippen LogP contribution in [0.1, 0.15) is 23.5 Å². The van der Waals surface area contributed by atoms with Gasteiger partial charge >= 0.3 is 0 Å². The van der Waals surface area contributed by atoms with Crippen LogP contribution >= 0.6 is 0 Å². The average Bonchev–Trinajstić information content (AvgIpc) is 2.90. The molecule has 1 aromatic heterocycles. The van der Waals surface area contributed by atoms with Crippen LogP contribution < -0.4 is 4.74 Å². The van der Waals surface area contributed by atoms with Gasteiger partial charge < -0.3 is 14.4 Å². The summed E-state index contributed by atoms with van der Waals surface area (Å²) in [7, 11) is 1.70. The molecule has 0 bridgehead atoms. The average molecular weight is 272 g/mol. The fourth-order valence-electron chi connectivity index (χ4n) is 2.89. The minimum Gasteiger partial charge on any atom is -0.496 e. The third-order valence-corrected chi connectivity index (χ3v) is 4.07. The molecule has 0 spiro atoms. The van der Waals surface area contributed by atoms with Crippen molar-refractivity contribution in [2.24, 2.45) is 5.92 Å². The van der Waals surface area contributed by atoms with E-state index >= 15 is 0 Å². The molecular formula is C16H20N2O2. The summed E-state index contributed by atoms with van der Waals surface area (Å²) in [6.07, 6.45) is 4.79. The molecule has 0 radical (unpaired) electrons. The van der Waals surface area contributed by atoms with E-state index in [-0.39, 0.29) is 6.61 Å². The number of ether oxygens (including phenoxy) is 1. The number of fused-ring (bicyclic) bond motifs is 1. The van der Waals surface area contributed by atoms with E-state index in [0.29, 0.717) is 5.92 Å². The van der Waals surface area contributed by atoms with Gasteiger partial charge in [0.2, 0.25) is 0 Å². The third-order valence-electron chi connectivity index (χ3n) is 4.07. The van der Waals surface area contributed by atoms with E-state index in [9.17, 15) is 5.11 Å². The van der Waals surface area contributed by atoms with Crippen LogP contribution in [0.15, 0.2) is 30.5 Å². The normalized spacial score (nSPS) is 17.8. The molecule has 1 atom stereocenters. The highest BCUT2D eigenvalue weighted by molar-refractivity contribution is 5.35. The lowest BCUT2D eigenvalue weighted by molar-refractivity contribution is 0.190. The Kier molecular flexibility index (Phi) is 3.74. The van der Waals surface area contributed by atoms with E-state index in [2.05, 4.69) is 15.6 Å². The first-order chi connectivity index (χ1) is 9.81. The molecule has 1 aromatic carbocycles. The lowest BCUT2D eigenvalue weighted by Gasteiger charge is -2.24. The number of imidazole rings is 1. The first-order valence-electron chi connectivity index (χ1n) is 7.08. The standard InChI is InChI=1S/C16H20N2O2/c1-20-15-5-3-2-4-13(15)8-16-17-9-14-7-6-12(11-19)10-18(14)16/h2-5,9,12,19H,6-8,10-11H2,1H3. The summed E-state index contributed by atoms with van der Waals surface area (Å²) >= 11 is 0. The maximum atomic E-state index is 9.36. The summed E-state index contributed by atoms with van der Waals surface area (Å²) in [5.74, 6) is 2.31. The predicted molar refractivity (Wildman–Crippen MR) is 76.9 cm³/mol. The zero-order valence-electron chi connectivity index (χ0n) is 11.7. The molecule has 0 fully saturated rings. The van der Waals surface area contributed by atoms with E-state index < -0.39 is 0 Å². The van der Waals surface area contributed by atoms with Gasteiger partial charge in [-0.3, -0.25) is 0 Å². The molecule has 0 aliphatic carbocycles. The van der Waals surface area contributed by atoms with Gasteiger partial charge in [-0.2, -0.15) is 0 Å². The fraction of sp³-hybridized carbons (Fsp3) is 0.438. The predicted octanol–water partition coefficient (Wildman–Crippen LogP) is 2.04. The van der Waals surface area contributed by atoms with Crippen LogP contribution in [0.4, 0.5) is 0 Å². The van der Waals surface area contributed by atoms with Crippen LogP contribution in [-0.4, -0.2) is 28.4 Å². The molecule has 2 aromatic rings. The second-order valence-corrected chi connectivity index (χ2v) is 5.35. The molecule has 106 valence electrons. The van der Waals surface area contributed by atoms with Gasteiger partial charge in [-0.25, -0.2) is 4.98 Å². The van der Waals surface area contributed by atoms with Crippen LogP contribution in [0.5, 0.6) is 5.75 Å². The van der Waals surface area contributed by atoms with Crippen molar-refractivity contribution >= 4 is 0 Å². The zero-order chi connectivity index (χ0) is 13.9. The van der Waals surface area contributed by atoms with Gasteiger partial charge in [-0.1, -0.05) is 18.2 Å². The van der Waals surface area contributed by atoms with Crippen molar-refractivity contribution in [3.63, 3.8) is 0 Å². The first kappa shape index (κ1) is 13.2. The van der Waals surface area contributed by atoms with Crippen LogP contribution in [0.25, 0.3) is 0 Å². The smallest absolute Gasteiger partial charge is 0.122 e. The SMILES string of the molecule is COc1ccccc1Cc1ncc2n1CC(CO)CC2. The quantitative estimate of drug-likeness (QED) is 0.926. The largest absolute Gasteiger partial charge is 0.496 e. The topological polar surface area (TPSA) is 47.3 Å². The number of para-hydroxylation sites is 1. The summed E-state index contributed by atoms with van der Waals surface area (Å²) in [5, 5.41) is 9.36. The van der Waals surface area contributed by atoms with Gasteiger partial charge in [0, 0.05) is 42.9 Å². The van der Waals surface area contributed by atoms with Crippen LogP contribution in [0.2, 0.25) is 0 Å². The Hall–Kier alpha value is -1.81. The molecule has 4 heteroatoms. The maximum Gasteiger partial charge on any atom is 0.122 e. The Morgan fingerprint density at radius 2 is 2.25 bits per heavy atom. The van der Waals surface area contributed by atoms with Crippen LogP contribution in [-0.2, 0) is 19.4 Å². The van der Waals surface area contributed by atoms with Crippen molar-refractivity contribution in [1.29, 1.82) is 0 Å². The minimum atomic E-state index is 0.256. The lowest BCUT2D eigenvalue weighted by Crippen LogP contribution is -2.24. The summed E-state index contributed by atoms with van der Waals surface area (Å²) in [6.45, 7) is 1.13. The second kappa shape index (κ2) is 5.67. The first-order valence-corrected chi connectivity index (χ1v) is 7.08. The van der Waals surface area contributed by atoms with Gasteiger partial charge in [0.25, 0.3) is 0 Å². The molecule has 20 heavy (non-hydrogen) atoms. The number of hydrogen-bond donors (Lipinski definition) is 1. The van der Waals surface area contributed by atoms with E-state index in [1.165, 1.54) is 5.69 Å². The van der Waals surface area contributed by atoms with E-state index in [1.807, 2.05) is 24.4 Å². The molecule has 0 amide bonds. The Balaban J connectivity index is 1.87. The van der Waals surface area contributed by atoms with E-state index in [1.54, 1.807) is 7.11 Å². The lowest BCUT2D eigenvalue weighted by atomic mass is 9.99. The van der Waals surface area contributed by atoms with Crippen LogP contribution in [0.3, 0.4) is 0 Å². The van der Waals surface area contributed by atoms with Crippen molar-refractivity contribution < 1.29 is 9.84 Å². The summed E-state index contributed by atoms with van der Waals surface area (Å²) in [5.41, 5.74) is 2.43. The number of nitrogens with zero attached hydrogens (tertiary/aromatic N) is 2. The number of hydrogen-bond acceptors (Lipinski definition) is 3. The number of aromatic nitrogens is 2. The van der Waals surface area contributed by atoms with Gasteiger partial charge in [-0.05, 0) is 18.9 Å². The summed E-state index contributed by atoms with van der Waals surface area (Å²) in [6, 6.07) is 8.05. The zero-order valence-corrected chi connectivity index (χ0v) is 11.7. The highest BCUT2D eigenvalue weighted by atomic mass is 16.5. The molecule has 1 unspecified atom stereocenters. The number of methoxy groups -OCH3 is 1. The van der Waals surface area contributed by atoms with Crippen molar-refractivity contribution in [1.82, 2.24) is 9.55 Å². The molecule has 1 N–H and O–H groups in total. The van der Waals surface area contributed by atoms with Gasteiger partial charge in [-0.15, -0.1) is 0 Å². The molecule has 3 rings (SSSR count). The van der Waals surface area contributed by atoms with E-state index in [4.69, 9.17) is 4.74 Å². The highest BCUT2D eigenvalue weighted by Crippen LogP contribution is 2.25. The molecule has 4 nitrogen and oxygen atoms in total. The third kappa shape index (κ3) is 2.43. The Morgan fingerprint density at radius 1 is 1.40 bits per heavy atom. The van der Waals surface area contributed by atoms with Gasteiger partial charge in [0.05, 0.1) is 7.11 Å². The molecule has 2 heterocycles. The van der Waals surface area contributed by atoms with Crippen molar-refractivity contribution in [3.8, 4) is 5.75 Å². The highest BCUT2D eigenvalue weighted by Gasteiger charge is 2.21. The Labute approximate surface area is 119 Å². The second-order valence-electron chi connectivity index (χ2n) is 5.35. The minimum absolute atomic E-state index is 0.256. The number of aryl methyl sites for hydroxylation is 1. The Bertz CT molecular complexity index is 592. The van der Waals surface area contributed by atoms with Gasteiger partial charge in [0.15, 0.2) is 0 Å². The number of aliphatic hydroxyl groups is 1. The monoisotopic (exact) mass is 272 g/mol. The molecule has 0 saturated carbocycles. The number of benzene rings is 1. The summed E-state index contributed by atoms with van der Waals surface area (Å²) in [4.78, 5) is 4.56. The van der Waals surface area contributed by atoms with Crippen molar-refractivity contribution in [2.45, 2.75) is 25.8 Å². The number of rotatable bonds is 4. The Morgan fingerprint density at radius 3 is 3.05 bits per heavy atom. The summed E-state index contributed by atoms with van der Waals surface area (Å²) < 4.78 is 7.66. The fourth-order valence-corrected chi connectivity index (χ4v) is 2.89. The van der Waals surface area contributed by atoms with Crippen molar-refractivity contribution in [2.75, 3.05) is 13.7 Å². The molecule has 1 aliphatic heterocycles.